The van der Waals surface area contributed by atoms with Gasteiger partial charge in [0.05, 0.1) is 11.6 Å². The Morgan fingerprint density at radius 1 is 1.33 bits per heavy atom. The molecule has 0 aliphatic carbocycles. The Labute approximate surface area is 126 Å². The smallest absolute Gasteiger partial charge is 0.267 e. The topological polar surface area (TPSA) is 47.2 Å². The van der Waals surface area contributed by atoms with Crippen LogP contribution in [0.15, 0.2) is 46.3 Å². The van der Waals surface area contributed by atoms with Crippen LogP contribution in [0.25, 0.3) is 10.2 Å². The van der Waals surface area contributed by atoms with Crippen LogP contribution in [0.3, 0.4) is 0 Å². The van der Waals surface area contributed by atoms with E-state index < -0.39 is 0 Å². The van der Waals surface area contributed by atoms with Crippen LogP contribution in [0.1, 0.15) is 23.2 Å². The highest BCUT2D eigenvalue weighted by Crippen LogP contribution is 2.21. The molecule has 0 radical (unpaired) electrons. The molecular weight excluding hydrogens is 282 g/mol. The molecule has 2 heterocycles. The lowest BCUT2D eigenvalue weighted by Gasteiger charge is -2.02. The van der Waals surface area contributed by atoms with Gasteiger partial charge in [-0.25, -0.2) is 4.98 Å². The van der Waals surface area contributed by atoms with Gasteiger partial charge in [0.25, 0.3) is 5.56 Å². The predicted molar refractivity (Wildman–Crippen MR) is 87.4 cm³/mol. The molecule has 0 amide bonds. The molecule has 0 aliphatic rings. The highest BCUT2D eigenvalue weighted by Gasteiger charge is 2.10. The van der Waals surface area contributed by atoms with Crippen LogP contribution in [0.2, 0.25) is 0 Å². The molecule has 5 heteroatoms. The molecule has 21 heavy (non-hydrogen) atoms. The first-order valence-electron chi connectivity index (χ1n) is 6.80. The van der Waals surface area contributed by atoms with Crippen molar-refractivity contribution >= 4 is 27.8 Å². The Morgan fingerprint density at radius 2 is 2.10 bits per heavy atom. The number of benzene rings is 1. The number of rotatable bonds is 3. The van der Waals surface area contributed by atoms with Gasteiger partial charge in [-0.05, 0) is 25.0 Å². The van der Waals surface area contributed by atoms with Gasteiger partial charge in [-0.1, -0.05) is 37.3 Å². The van der Waals surface area contributed by atoms with Crippen molar-refractivity contribution in [3.8, 4) is 0 Å². The summed E-state index contributed by atoms with van der Waals surface area (Å²) in [5.41, 5.74) is 0.837. The molecule has 0 saturated carbocycles. The maximum atomic E-state index is 12.5. The van der Waals surface area contributed by atoms with Crippen molar-refractivity contribution in [1.82, 2.24) is 9.66 Å². The predicted octanol–water partition coefficient (Wildman–Crippen LogP) is 3.21. The standard InChI is InChI=1S/C16H15N3OS/c1-3-13-9-14-15(21-13)18-11(2)19(16(14)20)17-10-12-7-5-4-6-8-12/h4-10H,3H2,1-2H3/b17-10+. The minimum Gasteiger partial charge on any atom is -0.267 e. The Hall–Kier alpha value is -2.27. The molecule has 2 aromatic heterocycles. The highest BCUT2D eigenvalue weighted by atomic mass is 32.1. The van der Waals surface area contributed by atoms with Gasteiger partial charge in [-0.15, -0.1) is 11.3 Å². The third-order valence-corrected chi connectivity index (χ3v) is 4.40. The summed E-state index contributed by atoms with van der Waals surface area (Å²) in [6, 6.07) is 11.6. The van der Waals surface area contributed by atoms with Crippen molar-refractivity contribution in [2.75, 3.05) is 0 Å². The fourth-order valence-electron chi connectivity index (χ4n) is 2.10. The molecular formula is C16H15N3OS. The van der Waals surface area contributed by atoms with Crippen LogP contribution in [0.5, 0.6) is 0 Å². The van der Waals surface area contributed by atoms with Gasteiger partial charge in [0, 0.05) is 4.88 Å². The van der Waals surface area contributed by atoms with E-state index in [1.165, 1.54) is 9.55 Å². The number of hydrogen-bond acceptors (Lipinski definition) is 4. The second kappa shape index (κ2) is 5.61. The van der Waals surface area contributed by atoms with E-state index in [0.717, 1.165) is 16.8 Å². The van der Waals surface area contributed by atoms with Gasteiger partial charge in [0.15, 0.2) is 0 Å². The summed E-state index contributed by atoms with van der Waals surface area (Å²) in [5, 5.41) is 4.93. The lowest BCUT2D eigenvalue weighted by Crippen LogP contribution is -2.19. The summed E-state index contributed by atoms with van der Waals surface area (Å²) in [5.74, 6) is 0.601. The maximum Gasteiger partial charge on any atom is 0.282 e. The number of aryl methyl sites for hydroxylation is 2. The molecule has 106 valence electrons. The monoisotopic (exact) mass is 297 g/mol. The van der Waals surface area contributed by atoms with E-state index in [2.05, 4.69) is 17.0 Å². The van der Waals surface area contributed by atoms with E-state index in [4.69, 9.17) is 0 Å². The first kappa shape index (κ1) is 13.7. The molecule has 3 rings (SSSR count). The summed E-state index contributed by atoms with van der Waals surface area (Å²) in [4.78, 5) is 19.0. The number of thiophene rings is 1. The third-order valence-electron chi connectivity index (χ3n) is 3.23. The van der Waals surface area contributed by atoms with E-state index in [9.17, 15) is 4.79 Å². The quantitative estimate of drug-likeness (QED) is 0.697. The fourth-order valence-corrected chi connectivity index (χ4v) is 3.10. The average Bonchev–Trinajstić information content (AvgIpc) is 2.91. The van der Waals surface area contributed by atoms with Gasteiger partial charge < -0.3 is 0 Å². The Balaban J connectivity index is 2.10. The van der Waals surface area contributed by atoms with E-state index in [1.54, 1.807) is 24.5 Å². The van der Waals surface area contributed by atoms with Crippen molar-refractivity contribution in [2.24, 2.45) is 5.10 Å². The van der Waals surface area contributed by atoms with E-state index >= 15 is 0 Å². The Bertz CT molecular complexity index is 862. The van der Waals surface area contributed by atoms with Crippen LogP contribution >= 0.6 is 11.3 Å². The highest BCUT2D eigenvalue weighted by molar-refractivity contribution is 7.18. The SMILES string of the molecule is CCc1cc2c(=O)n(/N=C/c3ccccc3)c(C)nc2s1. The summed E-state index contributed by atoms with van der Waals surface area (Å²) in [6.45, 7) is 3.87. The van der Waals surface area contributed by atoms with Crippen LogP contribution in [0.4, 0.5) is 0 Å². The summed E-state index contributed by atoms with van der Waals surface area (Å²) >= 11 is 1.57. The molecule has 0 fully saturated rings. The molecule has 0 N–H and O–H groups in total. The number of fused-ring (bicyclic) bond motifs is 1. The van der Waals surface area contributed by atoms with E-state index in [0.29, 0.717) is 11.2 Å². The Kier molecular flexibility index (Phi) is 3.66. The Morgan fingerprint density at radius 3 is 2.81 bits per heavy atom. The van der Waals surface area contributed by atoms with Crippen molar-refractivity contribution in [3.63, 3.8) is 0 Å². The van der Waals surface area contributed by atoms with Crippen LogP contribution < -0.4 is 5.56 Å². The number of hydrogen-bond donors (Lipinski definition) is 0. The van der Waals surface area contributed by atoms with Gasteiger partial charge >= 0.3 is 0 Å². The first-order valence-corrected chi connectivity index (χ1v) is 7.62. The van der Waals surface area contributed by atoms with Crippen molar-refractivity contribution in [2.45, 2.75) is 20.3 Å². The van der Waals surface area contributed by atoms with Gasteiger partial charge in [-0.3, -0.25) is 4.79 Å². The second-order valence-corrected chi connectivity index (χ2v) is 5.83. The normalized spacial score (nSPS) is 11.5. The molecule has 0 saturated heterocycles. The number of nitrogens with zero attached hydrogens (tertiary/aromatic N) is 3. The third kappa shape index (κ3) is 2.64. The van der Waals surface area contributed by atoms with Crippen molar-refractivity contribution in [1.29, 1.82) is 0 Å². The van der Waals surface area contributed by atoms with Crippen molar-refractivity contribution in [3.05, 3.63) is 63.0 Å². The van der Waals surface area contributed by atoms with Gasteiger partial charge in [0.1, 0.15) is 10.7 Å². The molecule has 4 nitrogen and oxygen atoms in total. The van der Waals surface area contributed by atoms with Crippen LogP contribution in [-0.2, 0) is 6.42 Å². The zero-order valence-corrected chi connectivity index (χ0v) is 12.7. The zero-order chi connectivity index (χ0) is 14.8. The second-order valence-electron chi connectivity index (χ2n) is 4.72. The molecule has 0 unspecified atom stereocenters. The number of aromatic nitrogens is 2. The minimum absolute atomic E-state index is 0.111. The fraction of sp³-hybridized carbons (Fsp3) is 0.188. The molecule has 3 aromatic rings. The van der Waals surface area contributed by atoms with E-state index in [-0.39, 0.29) is 5.56 Å². The molecule has 0 aliphatic heterocycles. The summed E-state index contributed by atoms with van der Waals surface area (Å²) in [6.07, 6.45) is 2.59. The lowest BCUT2D eigenvalue weighted by atomic mass is 10.2. The summed E-state index contributed by atoms with van der Waals surface area (Å²) in [7, 11) is 0. The minimum atomic E-state index is -0.111. The van der Waals surface area contributed by atoms with Gasteiger partial charge in [-0.2, -0.15) is 9.78 Å². The van der Waals surface area contributed by atoms with Gasteiger partial charge in [0.2, 0.25) is 0 Å². The largest absolute Gasteiger partial charge is 0.282 e. The summed E-state index contributed by atoms with van der Waals surface area (Å²) < 4.78 is 1.36. The van der Waals surface area contributed by atoms with Crippen molar-refractivity contribution < 1.29 is 0 Å². The maximum absolute atomic E-state index is 12.5. The van der Waals surface area contributed by atoms with E-state index in [1.807, 2.05) is 36.4 Å². The molecule has 0 bridgehead atoms. The average molecular weight is 297 g/mol. The lowest BCUT2D eigenvalue weighted by molar-refractivity contribution is 0.772. The molecule has 0 spiro atoms. The van der Waals surface area contributed by atoms with Crippen LogP contribution in [0, 0.1) is 6.92 Å². The van der Waals surface area contributed by atoms with Crippen LogP contribution in [-0.4, -0.2) is 15.9 Å². The zero-order valence-electron chi connectivity index (χ0n) is 11.9. The molecule has 1 aromatic carbocycles. The first-order chi connectivity index (χ1) is 10.2. The molecule has 0 atom stereocenters.